The predicted octanol–water partition coefficient (Wildman–Crippen LogP) is 5.47. The third-order valence-corrected chi connectivity index (χ3v) is 7.00. The lowest BCUT2D eigenvalue weighted by molar-refractivity contribution is 0.102. The Labute approximate surface area is 201 Å². The van der Waals surface area contributed by atoms with Crippen LogP contribution in [0.3, 0.4) is 0 Å². The first kappa shape index (κ1) is 22.7. The first-order valence-corrected chi connectivity index (χ1v) is 12.6. The molecule has 6 heteroatoms. The van der Waals surface area contributed by atoms with E-state index in [2.05, 4.69) is 10.2 Å². The zero-order valence-corrected chi connectivity index (χ0v) is 19.8. The van der Waals surface area contributed by atoms with Crippen molar-refractivity contribution >= 4 is 11.6 Å². The summed E-state index contributed by atoms with van der Waals surface area (Å²) in [6.45, 7) is 4.94. The van der Waals surface area contributed by atoms with Crippen molar-refractivity contribution in [2.24, 2.45) is 5.92 Å². The fourth-order valence-electron chi connectivity index (χ4n) is 4.74. The van der Waals surface area contributed by atoms with Gasteiger partial charge in [-0.05, 0) is 81.1 Å². The zero-order valence-electron chi connectivity index (χ0n) is 19.8. The number of nitrogens with one attached hydrogen (secondary N) is 1. The maximum atomic E-state index is 12.9. The lowest BCUT2D eigenvalue weighted by Gasteiger charge is -2.26. The number of amides is 1. The Morgan fingerprint density at radius 2 is 1.76 bits per heavy atom. The fourth-order valence-corrected chi connectivity index (χ4v) is 4.74. The Hall–Kier alpha value is -3.12. The van der Waals surface area contributed by atoms with Gasteiger partial charge in [-0.3, -0.25) is 14.4 Å². The Bertz CT molecular complexity index is 1080. The summed E-state index contributed by atoms with van der Waals surface area (Å²) in [6, 6.07) is 17.3. The second-order valence-electron chi connectivity index (χ2n) is 9.49. The van der Waals surface area contributed by atoms with Crippen molar-refractivity contribution in [2.75, 3.05) is 31.6 Å². The van der Waals surface area contributed by atoms with Gasteiger partial charge in [0.25, 0.3) is 5.91 Å². The number of piperidine rings is 1. The summed E-state index contributed by atoms with van der Waals surface area (Å²) in [5, 5.41) is 7.83. The van der Waals surface area contributed by atoms with Crippen molar-refractivity contribution in [3.8, 4) is 17.0 Å². The molecule has 0 atom stereocenters. The first-order valence-electron chi connectivity index (χ1n) is 12.6. The van der Waals surface area contributed by atoms with Crippen molar-refractivity contribution in [3.05, 3.63) is 66.4 Å². The Kier molecular flexibility index (Phi) is 7.25. The van der Waals surface area contributed by atoms with Crippen molar-refractivity contribution in [1.29, 1.82) is 0 Å². The van der Waals surface area contributed by atoms with Crippen molar-refractivity contribution in [2.45, 2.75) is 45.1 Å². The highest BCUT2D eigenvalue weighted by atomic mass is 16.5. The number of likely N-dealkylation sites (tertiary alicyclic amines) is 1. The van der Waals surface area contributed by atoms with E-state index in [0.29, 0.717) is 12.2 Å². The number of anilines is 1. The van der Waals surface area contributed by atoms with Crippen LogP contribution in [0, 0.1) is 5.92 Å². The molecule has 0 unspecified atom stereocenters. The van der Waals surface area contributed by atoms with E-state index >= 15 is 0 Å². The molecule has 1 saturated carbocycles. The normalized spacial score (nSPS) is 16.7. The molecule has 1 aliphatic carbocycles. The quantitative estimate of drug-likeness (QED) is 0.462. The predicted molar refractivity (Wildman–Crippen MR) is 135 cm³/mol. The van der Waals surface area contributed by atoms with E-state index in [1.807, 2.05) is 65.5 Å². The number of nitrogens with zero attached hydrogens (tertiary/aromatic N) is 3. The summed E-state index contributed by atoms with van der Waals surface area (Å²) >= 11 is 0. The van der Waals surface area contributed by atoms with E-state index in [-0.39, 0.29) is 5.91 Å². The summed E-state index contributed by atoms with van der Waals surface area (Å²) in [7, 11) is 0. The van der Waals surface area contributed by atoms with Crippen LogP contribution in [0.15, 0.2) is 60.8 Å². The van der Waals surface area contributed by atoms with Crippen molar-refractivity contribution in [3.63, 3.8) is 0 Å². The number of aromatic nitrogens is 2. The fraction of sp³-hybridized carbons (Fsp3) is 0.429. The van der Waals surface area contributed by atoms with Gasteiger partial charge in [-0.15, -0.1) is 0 Å². The SMILES string of the molecule is O=C(Nc1ccccc1-c1ccn(CC2CCC2)n1)c1ccc(OCCN2CCCCC2)cc1. The van der Waals surface area contributed by atoms with E-state index in [9.17, 15) is 4.79 Å². The van der Waals surface area contributed by atoms with Crippen LogP contribution in [0.4, 0.5) is 5.69 Å². The van der Waals surface area contributed by atoms with Gasteiger partial charge < -0.3 is 10.1 Å². The van der Waals surface area contributed by atoms with Crippen LogP contribution >= 0.6 is 0 Å². The minimum Gasteiger partial charge on any atom is -0.492 e. The van der Waals surface area contributed by atoms with Crippen LogP contribution in [0.1, 0.15) is 48.9 Å². The summed E-state index contributed by atoms with van der Waals surface area (Å²) in [4.78, 5) is 15.4. The molecule has 1 amide bonds. The number of carbonyl (C=O) groups is 1. The average Bonchev–Trinajstić information content (AvgIpc) is 3.31. The number of hydrogen-bond donors (Lipinski definition) is 1. The van der Waals surface area contributed by atoms with Crippen LogP contribution < -0.4 is 10.1 Å². The number of benzene rings is 2. The number of ether oxygens (including phenoxy) is 1. The van der Waals surface area contributed by atoms with Gasteiger partial charge in [-0.1, -0.05) is 31.0 Å². The molecule has 2 aliphatic rings. The first-order chi connectivity index (χ1) is 16.7. The van der Waals surface area contributed by atoms with Crippen LogP contribution in [-0.2, 0) is 6.54 Å². The highest BCUT2D eigenvalue weighted by molar-refractivity contribution is 6.06. The molecule has 34 heavy (non-hydrogen) atoms. The molecule has 2 fully saturated rings. The summed E-state index contributed by atoms with van der Waals surface area (Å²) in [5.74, 6) is 1.41. The molecule has 0 spiro atoms. The molecule has 178 valence electrons. The minimum atomic E-state index is -0.138. The number of hydrogen-bond acceptors (Lipinski definition) is 4. The molecule has 1 saturated heterocycles. The Morgan fingerprint density at radius 3 is 2.53 bits per heavy atom. The van der Waals surface area contributed by atoms with Gasteiger partial charge in [-0.25, -0.2) is 0 Å². The monoisotopic (exact) mass is 458 g/mol. The smallest absolute Gasteiger partial charge is 0.255 e. The lowest BCUT2D eigenvalue weighted by atomic mass is 9.85. The van der Waals surface area contributed by atoms with E-state index in [1.54, 1.807) is 0 Å². The van der Waals surface area contributed by atoms with Crippen LogP contribution in [-0.4, -0.2) is 46.8 Å². The second-order valence-corrected chi connectivity index (χ2v) is 9.49. The highest BCUT2D eigenvalue weighted by Crippen LogP contribution is 2.30. The molecular formula is C28H34N4O2. The van der Waals surface area contributed by atoms with Crippen molar-refractivity contribution in [1.82, 2.24) is 14.7 Å². The number of para-hydroxylation sites is 1. The highest BCUT2D eigenvalue weighted by Gasteiger charge is 2.19. The molecule has 6 nitrogen and oxygen atoms in total. The molecule has 3 aromatic rings. The molecule has 2 heterocycles. The van der Waals surface area contributed by atoms with E-state index in [0.717, 1.165) is 41.7 Å². The zero-order chi connectivity index (χ0) is 23.2. The summed E-state index contributed by atoms with van der Waals surface area (Å²) in [6.07, 6.45) is 9.88. The van der Waals surface area contributed by atoms with E-state index in [4.69, 9.17) is 9.84 Å². The Morgan fingerprint density at radius 1 is 0.971 bits per heavy atom. The van der Waals surface area contributed by atoms with Gasteiger partial charge in [-0.2, -0.15) is 5.10 Å². The van der Waals surface area contributed by atoms with Gasteiger partial charge in [0.1, 0.15) is 12.4 Å². The van der Waals surface area contributed by atoms with E-state index in [1.165, 1.54) is 51.6 Å². The Balaban J connectivity index is 1.18. The molecular weight excluding hydrogens is 424 g/mol. The topological polar surface area (TPSA) is 59.4 Å². The molecule has 1 N–H and O–H groups in total. The van der Waals surface area contributed by atoms with Crippen LogP contribution in [0.2, 0.25) is 0 Å². The van der Waals surface area contributed by atoms with Gasteiger partial charge in [0.2, 0.25) is 0 Å². The van der Waals surface area contributed by atoms with E-state index < -0.39 is 0 Å². The molecule has 2 aromatic carbocycles. The average molecular weight is 459 g/mol. The van der Waals surface area contributed by atoms with Crippen LogP contribution in [0.25, 0.3) is 11.3 Å². The minimum absolute atomic E-state index is 0.138. The van der Waals surface area contributed by atoms with Gasteiger partial charge in [0.05, 0.1) is 11.4 Å². The number of carbonyl (C=O) groups excluding carboxylic acids is 1. The molecule has 0 bridgehead atoms. The van der Waals surface area contributed by atoms with Gasteiger partial charge >= 0.3 is 0 Å². The van der Waals surface area contributed by atoms with Gasteiger partial charge in [0, 0.05) is 30.4 Å². The second kappa shape index (κ2) is 10.9. The molecule has 0 radical (unpaired) electrons. The molecule has 5 rings (SSSR count). The maximum absolute atomic E-state index is 12.9. The van der Waals surface area contributed by atoms with Crippen LogP contribution in [0.5, 0.6) is 5.75 Å². The third kappa shape index (κ3) is 5.68. The maximum Gasteiger partial charge on any atom is 0.255 e. The summed E-state index contributed by atoms with van der Waals surface area (Å²) < 4.78 is 7.93. The largest absolute Gasteiger partial charge is 0.492 e. The third-order valence-electron chi connectivity index (χ3n) is 7.00. The number of rotatable bonds is 9. The molecule has 1 aliphatic heterocycles. The standard InChI is InChI=1S/C28H34N4O2/c33-28(23-11-13-24(14-12-23)34-20-19-31-16-4-1-5-17-31)29-26-10-3-2-9-25(26)27-15-18-32(30-27)21-22-7-6-8-22/h2-3,9-15,18,22H,1,4-8,16-17,19-21H2,(H,29,33). The van der Waals surface area contributed by atoms with Crippen molar-refractivity contribution < 1.29 is 9.53 Å². The summed E-state index contributed by atoms with van der Waals surface area (Å²) in [5.41, 5.74) is 3.19. The van der Waals surface area contributed by atoms with Gasteiger partial charge in [0.15, 0.2) is 0 Å². The lowest BCUT2D eigenvalue weighted by Crippen LogP contribution is -2.33. The molecule has 1 aromatic heterocycles.